The predicted molar refractivity (Wildman–Crippen MR) is 22.4 cm³/mol. The van der Waals surface area contributed by atoms with Crippen LogP contribution in [0.4, 0.5) is 0 Å². The van der Waals surface area contributed by atoms with Gasteiger partial charge in [0.15, 0.2) is 0 Å². The maximum atomic E-state index is 2.63. The molecule has 1 unspecified atom stereocenters. The maximum absolute atomic E-state index is 2.63. The third-order valence-corrected chi connectivity index (χ3v) is 0.911. The summed E-state index contributed by atoms with van der Waals surface area (Å²) in [5.41, 5.74) is 0. The van der Waals surface area contributed by atoms with Crippen molar-refractivity contribution in [2.24, 2.45) is 0 Å². The highest BCUT2D eigenvalue weighted by Gasteiger charge is 1.94. The summed E-state index contributed by atoms with van der Waals surface area (Å²) in [6, 6.07) is 0. The first kappa shape index (κ1) is 2.41. The normalized spacial score (nSPS) is 19.8. The minimum Gasteiger partial charge on any atom is -0.110 e. The van der Waals surface area contributed by atoms with Crippen molar-refractivity contribution < 1.29 is 0 Å². The summed E-state index contributed by atoms with van der Waals surface area (Å²) in [5.74, 6) is 0. The fourth-order valence-electron chi connectivity index (χ4n) is 0.0589. The molecule has 0 amide bonds. The SMILES string of the molecule is PC1=CC1. The Hall–Kier alpha value is 0.170. The lowest BCUT2D eigenvalue weighted by molar-refractivity contribution is 1.68. The third kappa shape index (κ3) is 0.296. The van der Waals surface area contributed by atoms with Gasteiger partial charge in [-0.15, -0.1) is 9.24 Å². The number of hydrogen-bond donors (Lipinski definition) is 0. The second-order valence-electron chi connectivity index (χ2n) is 0.983. The summed E-state index contributed by atoms with van der Waals surface area (Å²) in [6.45, 7) is 0. The fraction of sp³-hybridized carbons (Fsp3) is 0.333. The van der Waals surface area contributed by atoms with Crippen molar-refractivity contribution in [3.63, 3.8) is 0 Å². The van der Waals surface area contributed by atoms with Crippen LogP contribution in [0.25, 0.3) is 0 Å². The molecule has 22 valence electrons. The van der Waals surface area contributed by atoms with Crippen LogP contribution in [0, 0.1) is 0 Å². The van der Waals surface area contributed by atoms with Gasteiger partial charge in [-0.25, -0.2) is 0 Å². The molecule has 0 nitrogen and oxygen atoms in total. The zero-order chi connectivity index (χ0) is 2.99. The summed E-state index contributed by atoms with van der Waals surface area (Å²) < 4.78 is 0. The molecule has 0 aliphatic heterocycles. The quantitative estimate of drug-likeness (QED) is 0.376. The second-order valence-corrected chi connectivity index (χ2v) is 1.72. The Bertz CT molecular complexity index is 54.3. The molecule has 0 spiro atoms. The highest BCUT2D eigenvalue weighted by molar-refractivity contribution is 7.23. The molecule has 0 aromatic rings. The van der Waals surface area contributed by atoms with E-state index in [4.69, 9.17) is 0 Å². The van der Waals surface area contributed by atoms with E-state index in [0.717, 1.165) is 0 Å². The smallest absolute Gasteiger partial charge is 0.00951 e. The lowest BCUT2D eigenvalue weighted by Crippen LogP contribution is -1.14. The van der Waals surface area contributed by atoms with Crippen LogP contribution in [-0.2, 0) is 0 Å². The third-order valence-electron chi connectivity index (χ3n) is 0.440. The number of allylic oxidation sites excluding steroid dienone is 2. The van der Waals surface area contributed by atoms with Crippen LogP contribution in [-0.4, -0.2) is 0 Å². The molecule has 0 aromatic carbocycles. The van der Waals surface area contributed by atoms with Gasteiger partial charge < -0.3 is 0 Å². The lowest BCUT2D eigenvalue weighted by Gasteiger charge is -1.47. The zero-order valence-corrected chi connectivity index (χ0v) is 3.52. The van der Waals surface area contributed by atoms with Gasteiger partial charge in [0, 0.05) is 0 Å². The molecule has 1 rings (SSSR count). The standard InChI is InChI=1S/C3H5P/c4-3-1-2-3/h1H,2,4H2. The fourth-order valence-corrected chi connectivity index (χ4v) is 0.177. The van der Waals surface area contributed by atoms with Crippen molar-refractivity contribution in [2.45, 2.75) is 6.42 Å². The van der Waals surface area contributed by atoms with Crippen molar-refractivity contribution in [3.8, 4) is 0 Å². The molecular weight excluding hydrogens is 67.0 g/mol. The van der Waals surface area contributed by atoms with E-state index in [1.165, 1.54) is 11.7 Å². The molecule has 1 aliphatic carbocycles. The van der Waals surface area contributed by atoms with Crippen molar-refractivity contribution in [1.82, 2.24) is 0 Å². The van der Waals surface area contributed by atoms with Crippen molar-refractivity contribution >= 4 is 9.24 Å². The Kier molecular flexibility index (Phi) is 0.336. The van der Waals surface area contributed by atoms with Crippen LogP contribution in [0.3, 0.4) is 0 Å². The molecule has 1 aliphatic rings. The van der Waals surface area contributed by atoms with Gasteiger partial charge in [0.25, 0.3) is 0 Å². The van der Waals surface area contributed by atoms with E-state index in [0.29, 0.717) is 0 Å². The number of hydrogen-bond acceptors (Lipinski definition) is 0. The Balaban J connectivity index is 2.54. The molecule has 1 atom stereocenters. The van der Waals surface area contributed by atoms with Crippen molar-refractivity contribution in [1.29, 1.82) is 0 Å². The molecule has 0 aromatic heterocycles. The van der Waals surface area contributed by atoms with Gasteiger partial charge in [-0.3, -0.25) is 0 Å². The van der Waals surface area contributed by atoms with Gasteiger partial charge in [-0.2, -0.15) is 0 Å². The van der Waals surface area contributed by atoms with Crippen LogP contribution in [0.1, 0.15) is 6.42 Å². The molecule has 0 bridgehead atoms. The summed E-state index contributed by atoms with van der Waals surface area (Å²) in [5, 5.41) is 1.46. The lowest BCUT2D eigenvalue weighted by atomic mass is 10.9. The van der Waals surface area contributed by atoms with Crippen LogP contribution in [0.15, 0.2) is 11.4 Å². The Morgan fingerprint density at radius 2 is 2.25 bits per heavy atom. The topological polar surface area (TPSA) is 0 Å². The van der Waals surface area contributed by atoms with Crippen LogP contribution >= 0.6 is 9.24 Å². The van der Waals surface area contributed by atoms with Gasteiger partial charge in [0.1, 0.15) is 0 Å². The Labute approximate surface area is 28.1 Å². The van der Waals surface area contributed by atoms with Gasteiger partial charge in [0.05, 0.1) is 0 Å². The molecule has 1 heteroatoms. The van der Waals surface area contributed by atoms with Gasteiger partial charge in [0.2, 0.25) is 0 Å². The summed E-state index contributed by atoms with van der Waals surface area (Å²) in [6.07, 6.45) is 3.41. The average Bonchev–Trinajstić information content (AvgIpc) is 1.75. The van der Waals surface area contributed by atoms with Gasteiger partial charge >= 0.3 is 0 Å². The van der Waals surface area contributed by atoms with Gasteiger partial charge in [-0.05, 0) is 6.42 Å². The van der Waals surface area contributed by atoms with E-state index >= 15 is 0 Å². The first-order chi connectivity index (χ1) is 1.89. The van der Waals surface area contributed by atoms with E-state index in [1.807, 2.05) is 0 Å². The van der Waals surface area contributed by atoms with E-state index in [1.54, 1.807) is 0 Å². The monoisotopic (exact) mass is 72.0 g/mol. The van der Waals surface area contributed by atoms with Crippen LogP contribution in [0.5, 0.6) is 0 Å². The summed E-state index contributed by atoms with van der Waals surface area (Å²) >= 11 is 0. The summed E-state index contributed by atoms with van der Waals surface area (Å²) in [4.78, 5) is 0. The minimum atomic E-state index is 1.24. The second kappa shape index (κ2) is 0.558. The van der Waals surface area contributed by atoms with E-state index in [-0.39, 0.29) is 0 Å². The first-order valence-corrected chi connectivity index (χ1v) is 1.92. The van der Waals surface area contributed by atoms with Crippen molar-refractivity contribution in [2.75, 3.05) is 0 Å². The summed E-state index contributed by atoms with van der Waals surface area (Å²) in [7, 11) is 2.63. The largest absolute Gasteiger partial charge is 0.110 e. The molecule has 0 fully saturated rings. The minimum absolute atomic E-state index is 1.24. The Morgan fingerprint density at radius 3 is 2.25 bits per heavy atom. The molecule has 0 radical (unpaired) electrons. The van der Waals surface area contributed by atoms with Crippen LogP contribution < -0.4 is 0 Å². The average molecular weight is 72.0 g/mol. The number of rotatable bonds is 0. The molecule has 0 N–H and O–H groups in total. The predicted octanol–water partition coefficient (Wildman–Crippen LogP) is 1.15. The van der Waals surface area contributed by atoms with Gasteiger partial charge in [-0.1, -0.05) is 11.4 Å². The molecule has 0 saturated heterocycles. The molecular formula is C3H5P. The maximum Gasteiger partial charge on any atom is -0.00951 e. The highest BCUT2D eigenvalue weighted by Crippen LogP contribution is 2.24. The van der Waals surface area contributed by atoms with E-state index in [2.05, 4.69) is 15.3 Å². The molecule has 4 heavy (non-hydrogen) atoms. The van der Waals surface area contributed by atoms with E-state index < -0.39 is 0 Å². The van der Waals surface area contributed by atoms with E-state index in [9.17, 15) is 0 Å². The first-order valence-electron chi connectivity index (χ1n) is 1.34. The Morgan fingerprint density at radius 1 is 2.00 bits per heavy atom. The zero-order valence-electron chi connectivity index (χ0n) is 2.36. The molecule has 0 heterocycles. The molecule has 0 saturated carbocycles. The van der Waals surface area contributed by atoms with Crippen molar-refractivity contribution in [3.05, 3.63) is 11.4 Å². The van der Waals surface area contributed by atoms with Crippen LogP contribution in [0.2, 0.25) is 0 Å². The highest BCUT2D eigenvalue weighted by atomic mass is 31.0.